The van der Waals surface area contributed by atoms with Crippen molar-refractivity contribution in [2.24, 2.45) is 17.8 Å². The van der Waals surface area contributed by atoms with Crippen LogP contribution in [0.4, 0.5) is 0 Å². The number of hydrogen-bond acceptors (Lipinski definition) is 2. The second-order valence-corrected chi connectivity index (χ2v) is 8.20. The Balaban J connectivity index is 1.75. The lowest BCUT2D eigenvalue weighted by atomic mass is 9.95. The maximum Gasteiger partial charge on any atom is 0.244 e. The zero-order valence-corrected chi connectivity index (χ0v) is 14.0. The minimum absolute atomic E-state index is 0.193. The predicted octanol–water partition coefficient (Wildman–Crippen LogP) is 3.54. The molecule has 3 rings (SSSR count). The van der Waals surface area contributed by atoms with E-state index in [4.69, 9.17) is 0 Å². The van der Waals surface area contributed by atoms with Crippen molar-refractivity contribution in [3.63, 3.8) is 0 Å². The van der Waals surface area contributed by atoms with Gasteiger partial charge in [0.15, 0.2) is 0 Å². The number of rotatable bonds is 4. The van der Waals surface area contributed by atoms with Gasteiger partial charge in [-0.05, 0) is 43.4 Å². The molecule has 3 atom stereocenters. The molecule has 3 heteroatoms. The molecule has 2 aliphatic carbocycles. The Bertz CT molecular complexity index is 387. The van der Waals surface area contributed by atoms with Crippen LogP contribution in [0, 0.1) is 17.8 Å². The summed E-state index contributed by atoms with van der Waals surface area (Å²) in [4.78, 5) is 15.3. The molecule has 0 radical (unpaired) electrons. The second-order valence-electron chi connectivity index (χ2n) is 8.20. The highest BCUT2D eigenvalue weighted by Crippen LogP contribution is 2.40. The minimum Gasteiger partial charge on any atom is -0.325 e. The van der Waals surface area contributed by atoms with Gasteiger partial charge in [0, 0.05) is 6.54 Å². The molecule has 1 amide bonds. The third-order valence-electron chi connectivity index (χ3n) is 6.11. The molecule has 3 nitrogen and oxygen atoms in total. The van der Waals surface area contributed by atoms with Crippen molar-refractivity contribution in [3.05, 3.63) is 0 Å². The summed E-state index contributed by atoms with van der Waals surface area (Å²) in [6.45, 7) is 7.89. The van der Waals surface area contributed by atoms with Crippen LogP contribution in [0.15, 0.2) is 0 Å². The van der Waals surface area contributed by atoms with E-state index in [2.05, 4.69) is 31.0 Å². The lowest BCUT2D eigenvalue weighted by Crippen LogP contribution is -2.45. The van der Waals surface area contributed by atoms with Gasteiger partial charge >= 0.3 is 0 Å². The molecule has 0 aromatic rings. The highest BCUT2D eigenvalue weighted by Gasteiger charge is 2.52. The van der Waals surface area contributed by atoms with Gasteiger partial charge in [-0.3, -0.25) is 10.1 Å². The minimum atomic E-state index is -0.193. The van der Waals surface area contributed by atoms with E-state index in [1.807, 2.05) is 0 Å². The first-order valence-electron chi connectivity index (χ1n) is 9.10. The molecule has 0 bridgehead atoms. The first kappa shape index (κ1) is 15.3. The van der Waals surface area contributed by atoms with Gasteiger partial charge in [-0.25, -0.2) is 0 Å². The summed E-state index contributed by atoms with van der Waals surface area (Å²) in [6.07, 6.45) is 9.90. The molecule has 1 spiro atoms. The van der Waals surface area contributed by atoms with Crippen molar-refractivity contribution in [2.75, 3.05) is 6.54 Å². The van der Waals surface area contributed by atoms with Crippen molar-refractivity contribution in [2.45, 2.75) is 83.8 Å². The zero-order chi connectivity index (χ0) is 15.0. The third kappa shape index (κ3) is 2.86. The monoisotopic (exact) mass is 292 g/mol. The average molecular weight is 292 g/mol. The first-order chi connectivity index (χ1) is 10.0. The van der Waals surface area contributed by atoms with Crippen LogP contribution in [0.5, 0.6) is 0 Å². The van der Waals surface area contributed by atoms with Gasteiger partial charge < -0.3 is 4.90 Å². The standard InChI is InChI=1S/C18H32N2O/c1-13(2)11-16-19-18(9-4-5-10-18)17(21)20(16)12-15-8-6-7-14(15)3/h13-16,19H,4-12H2,1-3H3. The van der Waals surface area contributed by atoms with Crippen LogP contribution in [-0.4, -0.2) is 29.1 Å². The largest absolute Gasteiger partial charge is 0.325 e. The molecular weight excluding hydrogens is 260 g/mol. The molecule has 1 heterocycles. The molecule has 2 saturated carbocycles. The highest BCUT2D eigenvalue weighted by atomic mass is 16.2. The van der Waals surface area contributed by atoms with Crippen LogP contribution in [-0.2, 0) is 4.79 Å². The summed E-state index contributed by atoms with van der Waals surface area (Å²) < 4.78 is 0. The molecule has 3 aliphatic rings. The maximum atomic E-state index is 13.1. The first-order valence-corrected chi connectivity index (χ1v) is 9.10. The molecule has 1 saturated heterocycles. The highest BCUT2D eigenvalue weighted by molar-refractivity contribution is 5.89. The second kappa shape index (κ2) is 5.91. The fraction of sp³-hybridized carbons (Fsp3) is 0.944. The zero-order valence-electron chi connectivity index (χ0n) is 14.0. The molecule has 3 unspecified atom stereocenters. The van der Waals surface area contributed by atoms with E-state index in [1.54, 1.807) is 0 Å². The third-order valence-corrected chi connectivity index (χ3v) is 6.11. The van der Waals surface area contributed by atoms with E-state index < -0.39 is 0 Å². The number of nitrogens with zero attached hydrogens (tertiary/aromatic N) is 1. The Morgan fingerprint density at radius 2 is 1.95 bits per heavy atom. The van der Waals surface area contributed by atoms with Gasteiger partial charge in [0.1, 0.15) is 0 Å². The summed E-state index contributed by atoms with van der Waals surface area (Å²) in [5.41, 5.74) is -0.193. The predicted molar refractivity (Wildman–Crippen MR) is 85.8 cm³/mol. The van der Waals surface area contributed by atoms with Gasteiger partial charge in [0.05, 0.1) is 11.7 Å². The summed E-state index contributed by atoms with van der Waals surface area (Å²) in [6, 6.07) is 0. The average Bonchev–Trinajstić information content (AvgIpc) is 3.09. The molecule has 3 fully saturated rings. The number of carbonyl (C=O) groups excluding carboxylic acids is 1. The molecule has 21 heavy (non-hydrogen) atoms. The van der Waals surface area contributed by atoms with Gasteiger partial charge in [-0.2, -0.15) is 0 Å². The van der Waals surface area contributed by atoms with E-state index in [0.717, 1.165) is 37.6 Å². The normalized spacial score (nSPS) is 35.5. The van der Waals surface area contributed by atoms with Crippen molar-refractivity contribution in [3.8, 4) is 0 Å². The van der Waals surface area contributed by atoms with Crippen molar-refractivity contribution >= 4 is 5.91 Å². The van der Waals surface area contributed by atoms with E-state index in [-0.39, 0.29) is 11.7 Å². The molecular formula is C18H32N2O. The van der Waals surface area contributed by atoms with Crippen LogP contribution in [0.25, 0.3) is 0 Å². The van der Waals surface area contributed by atoms with Crippen molar-refractivity contribution < 1.29 is 4.79 Å². The fourth-order valence-electron chi connectivity index (χ4n) is 4.80. The van der Waals surface area contributed by atoms with Gasteiger partial charge in [0.2, 0.25) is 5.91 Å². The number of hydrogen-bond donors (Lipinski definition) is 1. The van der Waals surface area contributed by atoms with Crippen LogP contribution in [0.2, 0.25) is 0 Å². The Labute approximate surface area is 129 Å². The van der Waals surface area contributed by atoms with Crippen LogP contribution in [0.3, 0.4) is 0 Å². The Morgan fingerprint density at radius 3 is 2.52 bits per heavy atom. The summed E-state index contributed by atoms with van der Waals surface area (Å²) in [5.74, 6) is 2.57. The molecule has 0 aromatic carbocycles. The van der Waals surface area contributed by atoms with E-state index in [9.17, 15) is 4.79 Å². The lowest BCUT2D eigenvalue weighted by Gasteiger charge is -2.29. The van der Waals surface area contributed by atoms with Crippen molar-refractivity contribution in [1.82, 2.24) is 10.2 Å². The Hall–Kier alpha value is -0.570. The molecule has 0 aromatic heterocycles. The van der Waals surface area contributed by atoms with E-state index in [1.165, 1.54) is 32.1 Å². The van der Waals surface area contributed by atoms with Crippen LogP contribution in [0.1, 0.15) is 72.1 Å². The molecule has 1 N–H and O–H groups in total. The van der Waals surface area contributed by atoms with Gasteiger partial charge in [-0.1, -0.05) is 46.5 Å². The Morgan fingerprint density at radius 1 is 1.24 bits per heavy atom. The van der Waals surface area contributed by atoms with E-state index in [0.29, 0.717) is 11.8 Å². The van der Waals surface area contributed by atoms with Gasteiger partial charge in [-0.15, -0.1) is 0 Å². The smallest absolute Gasteiger partial charge is 0.244 e. The quantitative estimate of drug-likeness (QED) is 0.859. The molecule has 120 valence electrons. The van der Waals surface area contributed by atoms with Gasteiger partial charge in [0.25, 0.3) is 0 Å². The summed E-state index contributed by atoms with van der Waals surface area (Å²) >= 11 is 0. The fourth-order valence-corrected chi connectivity index (χ4v) is 4.80. The molecule has 1 aliphatic heterocycles. The van der Waals surface area contributed by atoms with Crippen LogP contribution >= 0.6 is 0 Å². The maximum absolute atomic E-state index is 13.1. The Kier molecular flexibility index (Phi) is 4.31. The van der Waals surface area contributed by atoms with E-state index >= 15 is 0 Å². The van der Waals surface area contributed by atoms with Crippen molar-refractivity contribution in [1.29, 1.82) is 0 Å². The lowest BCUT2D eigenvalue weighted by molar-refractivity contribution is -0.134. The summed E-state index contributed by atoms with van der Waals surface area (Å²) in [7, 11) is 0. The number of nitrogens with one attached hydrogen (secondary N) is 1. The number of carbonyl (C=O) groups is 1. The topological polar surface area (TPSA) is 32.3 Å². The SMILES string of the molecule is CC(C)CC1NC2(CCCC2)C(=O)N1CC1CCCC1C. The summed E-state index contributed by atoms with van der Waals surface area (Å²) in [5, 5.41) is 3.76. The van der Waals surface area contributed by atoms with Crippen LogP contribution < -0.4 is 5.32 Å². The number of amides is 1.